The SMILES string of the molecule is CC(C)(C)c1noc(N2CCC(N3CC[C@H](Oc4ccc(S(C)(=O)=O)cc4F)C3=O)CC2)n1. The summed E-state index contributed by atoms with van der Waals surface area (Å²) in [4.78, 5) is 21.2. The molecule has 9 nitrogen and oxygen atoms in total. The van der Waals surface area contributed by atoms with E-state index < -0.39 is 21.8 Å². The van der Waals surface area contributed by atoms with Gasteiger partial charge in [0.05, 0.1) is 4.90 Å². The quantitative estimate of drug-likeness (QED) is 0.643. The third-order valence-electron chi connectivity index (χ3n) is 6.05. The van der Waals surface area contributed by atoms with Crippen LogP contribution in [0.3, 0.4) is 0 Å². The van der Waals surface area contributed by atoms with Gasteiger partial charge < -0.3 is 19.1 Å². The third-order valence-corrected chi connectivity index (χ3v) is 7.16. The van der Waals surface area contributed by atoms with Crippen molar-refractivity contribution in [3.8, 4) is 5.75 Å². The number of hydrogen-bond acceptors (Lipinski definition) is 8. The molecule has 0 radical (unpaired) electrons. The summed E-state index contributed by atoms with van der Waals surface area (Å²) in [6.07, 6.45) is 2.18. The lowest BCUT2D eigenvalue weighted by atomic mass is 9.96. The number of hydrogen-bond donors (Lipinski definition) is 0. The van der Waals surface area contributed by atoms with E-state index in [1.807, 2.05) is 25.7 Å². The molecular formula is C22H29FN4O5S. The summed E-state index contributed by atoms with van der Waals surface area (Å²) in [5.74, 6) is -0.436. The lowest BCUT2D eigenvalue weighted by molar-refractivity contribution is -0.135. The fourth-order valence-electron chi connectivity index (χ4n) is 4.13. The minimum Gasteiger partial charge on any atom is -0.477 e. The summed E-state index contributed by atoms with van der Waals surface area (Å²) in [6.45, 7) is 7.98. The maximum Gasteiger partial charge on any atom is 0.324 e. The molecule has 0 unspecified atom stereocenters. The minimum atomic E-state index is -3.52. The van der Waals surface area contributed by atoms with Crippen LogP contribution in [-0.4, -0.2) is 67.4 Å². The maximum atomic E-state index is 14.4. The molecule has 2 aliphatic heterocycles. The topological polar surface area (TPSA) is 106 Å². The molecule has 0 N–H and O–H groups in total. The van der Waals surface area contributed by atoms with Crippen LogP contribution in [-0.2, 0) is 20.0 Å². The Labute approximate surface area is 192 Å². The van der Waals surface area contributed by atoms with Crippen molar-refractivity contribution >= 4 is 21.8 Å². The van der Waals surface area contributed by atoms with E-state index in [0.717, 1.165) is 25.2 Å². The van der Waals surface area contributed by atoms with Gasteiger partial charge in [-0.05, 0) is 31.0 Å². The van der Waals surface area contributed by atoms with Gasteiger partial charge in [-0.15, -0.1) is 0 Å². The first kappa shape index (κ1) is 23.5. The van der Waals surface area contributed by atoms with Gasteiger partial charge in [0.2, 0.25) is 0 Å². The van der Waals surface area contributed by atoms with Crippen LogP contribution >= 0.6 is 0 Å². The third kappa shape index (κ3) is 4.97. The van der Waals surface area contributed by atoms with Gasteiger partial charge in [-0.1, -0.05) is 25.9 Å². The molecule has 2 saturated heterocycles. The molecule has 2 aromatic rings. The van der Waals surface area contributed by atoms with Crippen molar-refractivity contribution in [1.29, 1.82) is 0 Å². The van der Waals surface area contributed by atoms with Gasteiger partial charge in [-0.2, -0.15) is 4.98 Å². The fraction of sp³-hybridized carbons (Fsp3) is 0.591. The molecule has 0 spiro atoms. The van der Waals surface area contributed by atoms with Crippen molar-refractivity contribution < 1.29 is 26.9 Å². The van der Waals surface area contributed by atoms with Crippen molar-refractivity contribution in [3.05, 3.63) is 29.8 Å². The lowest BCUT2D eigenvalue weighted by Gasteiger charge is -2.35. The second-order valence-electron chi connectivity index (χ2n) is 9.66. The molecule has 2 fully saturated rings. The van der Waals surface area contributed by atoms with E-state index in [1.54, 1.807) is 4.90 Å². The van der Waals surface area contributed by atoms with Crippen LogP contribution in [0, 0.1) is 5.82 Å². The second-order valence-corrected chi connectivity index (χ2v) is 11.7. The number of piperidine rings is 1. The number of aromatic nitrogens is 2. The standard InChI is InChI=1S/C22H29FN4O5S/c1-22(2,3)20-24-21(32-25-20)26-10-7-14(8-11-26)27-12-9-18(19(27)28)31-17-6-5-15(13-16(17)23)33(4,29)30/h5-6,13-14,18H,7-12H2,1-4H3/t18-/m0/s1. The van der Waals surface area contributed by atoms with Crippen LogP contribution < -0.4 is 9.64 Å². The molecule has 0 bridgehead atoms. The Morgan fingerprint density at radius 1 is 1.15 bits per heavy atom. The van der Waals surface area contributed by atoms with Crippen LogP contribution in [0.15, 0.2) is 27.6 Å². The molecule has 180 valence electrons. The van der Waals surface area contributed by atoms with E-state index in [1.165, 1.54) is 12.1 Å². The first-order chi connectivity index (χ1) is 15.4. The minimum absolute atomic E-state index is 0.0600. The molecule has 1 atom stereocenters. The zero-order valence-electron chi connectivity index (χ0n) is 19.2. The molecular weight excluding hydrogens is 451 g/mol. The summed E-state index contributed by atoms with van der Waals surface area (Å²) in [5.41, 5.74) is -0.193. The number of halogens is 1. The normalized spacial score (nSPS) is 20.5. The van der Waals surface area contributed by atoms with Crippen LogP contribution in [0.5, 0.6) is 5.75 Å². The number of ether oxygens (including phenoxy) is 1. The summed E-state index contributed by atoms with van der Waals surface area (Å²) < 4.78 is 48.6. The Morgan fingerprint density at radius 3 is 2.42 bits per heavy atom. The number of nitrogens with zero attached hydrogens (tertiary/aromatic N) is 4. The van der Waals surface area contributed by atoms with Gasteiger partial charge in [0.25, 0.3) is 5.91 Å². The van der Waals surface area contributed by atoms with E-state index >= 15 is 0 Å². The molecule has 0 aliphatic carbocycles. The molecule has 1 aromatic carbocycles. The summed E-state index contributed by atoms with van der Waals surface area (Å²) >= 11 is 0. The van der Waals surface area contributed by atoms with Gasteiger partial charge in [0.15, 0.2) is 33.3 Å². The largest absolute Gasteiger partial charge is 0.477 e. The van der Waals surface area contributed by atoms with Gasteiger partial charge in [-0.3, -0.25) is 4.79 Å². The molecule has 0 saturated carbocycles. The second kappa shape index (κ2) is 8.58. The Morgan fingerprint density at radius 2 is 1.85 bits per heavy atom. The average Bonchev–Trinajstić information content (AvgIpc) is 3.37. The number of carbonyl (C=O) groups excluding carboxylic acids is 1. The summed E-state index contributed by atoms with van der Waals surface area (Å²) in [7, 11) is -3.52. The van der Waals surface area contributed by atoms with Crippen LogP contribution in [0.1, 0.15) is 45.9 Å². The van der Waals surface area contributed by atoms with Crippen molar-refractivity contribution in [3.63, 3.8) is 0 Å². The smallest absolute Gasteiger partial charge is 0.324 e. The van der Waals surface area contributed by atoms with Gasteiger partial charge in [0.1, 0.15) is 0 Å². The van der Waals surface area contributed by atoms with Gasteiger partial charge >= 0.3 is 6.01 Å². The molecule has 11 heteroatoms. The number of likely N-dealkylation sites (tertiary alicyclic amines) is 1. The zero-order chi connectivity index (χ0) is 24.0. The van der Waals surface area contributed by atoms with E-state index in [2.05, 4.69) is 10.1 Å². The predicted octanol–water partition coefficient (Wildman–Crippen LogP) is 2.56. The molecule has 1 amide bonds. The number of anilines is 1. The van der Waals surface area contributed by atoms with Crippen LogP contribution in [0.4, 0.5) is 10.4 Å². The molecule has 2 aliphatic rings. The Bertz CT molecular complexity index is 1140. The van der Waals surface area contributed by atoms with Crippen molar-refractivity contribution in [2.45, 2.75) is 62.5 Å². The lowest BCUT2D eigenvalue weighted by Crippen LogP contribution is -2.47. The van der Waals surface area contributed by atoms with Gasteiger partial charge in [-0.25, -0.2) is 12.8 Å². The molecule has 1 aromatic heterocycles. The monoisotopic (exact) mass is 480 g/mol. The summed E-state index contributed by atoms with van der Waals surface area (Å²) in [6, 6.07) is 4.02. The Balaban J connectivity index is 1.35. The Hall–Kier alpha value is -2.69. The highest BCUT2D eigenvalue weighted by molar-refractivity contribution is 7.90. The van der Waals surface area contributed by atoms with Gasteiger partial charge in [0, 0.05) is 43.8 Å². The highest BCUT2D eigenvalue weighted by Gasteiger charge is 2.39. The highest BCUT2D eigenvalue weighted by atomic mass is 32.2. The van der Waals surface area contributed by atoms with Crippen molar-refractivity contribution in [1.82, 2.24) is 15.0 Å². The number of amides is 1. The fourth-order valence-corrected chi connectivity index (χ4v) is 4.76. The van der Waals surface area contributed by atoms with Crippen LogP contribution in [0.25, 0.3) is 0 Å². The number of rotatable bonds is 5. The van der Waals surface area contributed by atoms with E-state index in [0.29, 0.717) is 37.9 Å². The highest BCUT2D eigenvalue weighted by Crippen LogP contribution is 2.29. The first-order valence-electron chi connectivity index (χ1n) is 11.0. The molecule has 4 rings (SSSR count). The Kier molecular flexibility index (Phi) is 6.10. The van der Waals surface area contributed by atoms with Crippen molar-refractivity contribution in [2.75, 3.05) is 30.8 Å². The molecule has 33 heavy (non-hydrogen) atoms. The predicted molar refractivity (Wildman–Crippen MR) is 118 cm³/mol. The maximum absolute atomic E-state index is 14.4. The van der Waals surface area contributed by atoms with Crippen LogP contribution in [0.2, 0.25) is 0 Å². The number of carbonyl (C=O) groups is 1. The van der Waals surface area contributed by atoms with E-state index in [-0.39, 0.29) is 28.0 Å². The van der Waals surface area contributed by atoms with Crippen molar-refractivity contribution in [2.24, 2.45) is 0 Å². The van der Waals surface area contributed by atoms with E-state index in [4.69, 9.17) is 9.26 Å². The summed E-state index contributed by atoms with van der Waals surface area (Å²) in [5, 5.41) is 4.07. The first-order valence-corrected chi connectivity index (χ1v) is 12.9. The van der Waals surface area contributed by atoms with E-state index in [9.17, 15) is 17.6 Å². The molecule has 3 heterocycles. The zero-order valence-corrected chi connectivity index (χ0v) is 20.1. The average molecular weight is 481 g/mol. The number of sulfone groups is 1. The number of benzene rings is 1.